The molecule has 0 aliphatic rings. The third kappa shape index (κ3) is 5.81. The summed E-state index contributed by atoms with van der Waals surface area (Å²) in [6, 6.07) is 11.3. The third-order valence-electron chi connectivity index (χ3n) is 5.92. The minimum Gasteiger partial charge on any atom is -0.383 e. The summed E-state index contributed by atoms with van der Waals surface area (Å²) >= 11 is 0. The first-order valence-corrected chi connectivity index (χ1v) is 11.6. The van der Waals surface area contributed by atoms with Gasteiger partial charge in [0.25, 0.3) is 11.5 Å². The number of aromatic nitrogens is 3. The lowest BCUT2D eigenvalue weighted by atomic mass is 10.2. The molecule has 3 N–H and O–H groups in total. The van der Waals surface area contributed by atoms with Crippen molar-refractivity contribution in [1.29, 1.82) is 0 Å². The molecule has 35 heavy (non-hydrogen) atoms. The molecule has 0 saturated heterocycles. The van der Waals surface area contributed by atoms with Crippen molar-refractivity contribution >= 4 is 23.5 Å². The Morgan fingerprint density at radius 2 is 1.86 bits per heavy atom. The molecule has 0 aliphatic carbocycles. The first-order valence-electron chi connectivity index (χ1n) is 11.6. The van der Waals surface area contributed by atoms with Crippen molar-refractivity contribution in [2.45, 2.75) is 46.8 Å². The fourth-order valence-corrected chi connectivity index (χ4v) is 4.09. The zero-order valence-corrected chi connectivity index (χ0v) is 20.7. The number of aryl methyl sites for hydroxylation is 1. The second-order valence-electron chi connectivity index (χ2n) is 8.36. The van der Waals surface area contributed by atoms with E-state index in [0.717, 1.165) is 35.5 Å². The van der Waals surface area contributed by atoms with Crippen LogP contribution in [0.3, 0.4) is 0 Å². The van der Waals surface area contributed by atoms with E-state index in [0.29, 0.717) is 0 Å². The van der Waals surface area contributed by atoms with Crippen molar-refractivity contribution in [2.75, 3.05) is 24.4 Å². The van der Waals surface area contributed by atoms with Gasteiger partial charge in [-0.05, 0) is 43.5 Å². The average Bonchev–Trinajstić information content (AvgIpc) is 3.10. The number of nitrogens with two attached hydrogens (primary N) is 1. The summed E-state index contributed by atoms with van der Waals surface area (Å²) in [5, 5.41) is 0. The molecule has 2 heterocycles. The minimum absolute atomic E-state index is 0.0735. The zero-order valence-electron chi connectivity index (χ0n) is 20.7. The van der Waals surface area contributed by atoms with Crippen molar-refractivity contribution < 1.29 is 9.53 Å². The predicted octanol–water partition coefficient (Wildman–Crippen LogP) is 2.84. The number of nitrogens with one attached hydrogen (secondary N) is 1. The lowest BCUT2D eigenvalue weighted by Gasteiger charge is -2.23. The molecule has 0 saturated carbocycles. The largest absolute Gasteiger partial charge is 0.383 e. The van der Waals surface area contributed by atoms with E-state index in [2.05, 4.69) is 16.5 Å². The van der Waals surface area contributed by atoms with Gasteiger partial charge < -0.3 is 15.0 Å². The van der Waals surface area contributed by atoms with Gasteiger partial charge in [0.1, 0.15) is 5.82 Å². The number of hydrogen-bond acceptors (Lipinski definition) is 5. The van der Waals surface area contributed by atoms with Crippen LogP contribution in [0.4, 0.5) is 11.5 Å². The molecular weight excluding hydrogens is 446 g/mol. The first-order chi connectivity index (χ1) is 16.8. The van der Waals surface area contributed by atoms with Crippen LogP contribution in [-0.4, -0.2) is 33.7 Å². The molecule has 0 fully saturated rings. The molecule has 1 aromatic carbocycles. The second-order valence-corrected chi connectivity index (χ2v) is 8.36. The maximum absolute atomic E-state index is 13.5. The standard InChI is InChI=1S/C26H33N5O4/c1-5-13-29-18(2)16-21(19(29)3)11-12-22(32)31(17-20-9-7-6-8-10-20)23-24(27)30(14-15-35-4)26(34)28-25(23)33/h6-12,16H,5,13-15,17,27H2,1-4H3,(H,28,33,34). The highest BCUT2D eigenvalue weighted by molar-refractivity contribution is 6.05. The van der Waals surface area contributed by atoms with E-state index in [1.807, 2.05) is 50.2 Å². The number of methoxy groups -OCH3 is 1. The van der Waals surface area contributed by atoms with Crippen LogP contribution in [0.25, 0.3) is 6.08 Å². The quantitative estimate of drug-likeness (QED) is 0.434. The highest BCUT2D eigenvalue weighted by Gasteiger charge is 2.23. The molecule has 0 spiro atoms. The Bertz CT molecular complexity index is 1320. The van der Waals surface area contributed by atoms with E-state index in [-0.39, 0.29) is 31.2 Å². The van der Waals surface area contributed by atoms with Gasteiger partial charge in [-0.3, -0.25) is 24.0 Å². The number of rotatable bonds is 10. The summed E-state index contributed by atoms with van der Waals surface area (Å²) in [6.07, 6.45) is 4.19. The van der Waals surface area contributed by atoms with Crippen molar-refractivity contribution in [1.82, 2.24) is 14.1 Å². The molecule has 9 nitrogen and oxygen atoms in total. The number of benzene rings is 1. The first kappa shape index (κ1) is 25.8. The summed E-state index contributed by atoms with van der Waals surface area (Å²) in [5.41, 5.74) is 8.74. The number of ether oxygens (including phenoxy) is 1. The molecule has 186 valence electrons. The highest BCUT2D eigenvalue weighted by Crippen LogP contribution is 2.22. The lowest BCUT2D eigenvalue weighted by Crippen LogP contribution is -2.40. The number of aromatic amines is 1. The van der Waals surface area contributed by atoms with E-state index in [1.54, 1.807) is 6.08 Å². The molecule has 0 atom stereocenters. The van der Waals surface area contributed by atoms with Gasteiger partial charge in [0.2, 0.25) is 0 Å². The molecule has 0 unspecified atom stereocenters. The number of nitrogen functional groups attached to an aromatic ring is 1. The number of anilines is 2. The molecular formula is C26H33N5O4. The van der Waals surface area contributed by atoms with Gasteiger partial charge in [-0.1, -0.05) is 37.3 Å². The third-order valence-corrected chi connectivity index (χ3v) is 5.92. The van der Waals surface area contributed by atoms with E-state index in [1.165, 1.54) is 22.7 Å². The van der Waals surface area contributed by atoms with Gasteiger partial charge in [0.05, 0.1) is 19.7 Å². The van der Waals surface area contributed by atoms with Crippen LogP contribution >= 0.6 is 0 Å². The van der Waals surface area contributed by atoms with Crippen LogP contribution in [0, 0.1) is 13.8 Å². The molecule has 3 aromatic rings. The number of hydrogen-bond donors (Lipinski definition) is 2. The fourth-order valence-electron chi connectivity index (χ4n) is 4.09. The smallest absolute Gasteiger partial charge is 0.330 e. The van der Waals surface area contributed by atoms with Crippen LogP contribution < -0.4 is 21.9 Å². The van der Waals surface area contributed by atoms with E-state index in [4.69, 9.17) is 10.5 Å². The molecule has 3 rings (SSSR count). The fraction of sp³-hybridized carbons (Fsp3) is 0.346. The van der Waals surface area contributed by atoms with Crippen LogP contribution in [0.1, 0.15) is 35.9 Å². The Morgan fingerprint density at radius 1 is 1.14 bits per heavy atom. The van der Waals surface area contributed by atoms with E-state index < -0.39 is 17.2 Å². The monoisotopic (exact) mass is 479 g/mol. The Hall–Kier alpha value is -3.85. The topological polar surface area (TPSA) is 115 Å². The molecule has 0 radical (unpaired) electrons. The lowest BCUT2D eigenvalue weighted by molar-refractivity contribution is -0.114. The number of H-pyrrole nitrogens is 1. The summed E-state index contributed by atoms with van der Waals surface area (Å²) < 4.78 is 8.47. The molecule has 9 heteroatoms. The average molecular weight is 480 g/mol. The maximum Gasteiger partial charge on any atom is 0.330 e. The second kappa shape index (κ2) is 11.5. The predicted molar refractivity (Wildman–Crippen MR) is 138 cm³/mol. The van der Waals surface area contributed by atoms with Gasteiger partial charge in [-0.25, -0.2) is 4.79 Å². The molecule has 0 aliphatic heterocycles. The minimum atomic E-state index is -0.722. The normalized spacial score (nSPS) is 11.3. The molecule has 1 amide bonds. The molecule has 2 aromatic heterocycles. The van der Waals surface area contributed by atoms with Crippen LogP contribution in [0.15, 0.2) is 52.1 Å². The number of carbonyl (C=O) groups is 1. The maximum atomic E-state index is 13.5. The van der Waals surface area contributed by atoms with Crippen molar-refractivity contribution in [2.24, 2.45) is 0 Å². The van der Waals surface area contributed by atoms with Gasteiger partial charge in [0, 0.05) is 31.1 Å². The van der Waals surface area contributed by atoms with Gasteiger partial charge >= 0.3 is 5.69 Å². The van der Waals surface area contributed by atoms with Gasteiger partial charge in [-0.15, -0.1) is 0 Å². The van der Waals surface area contributed by atoms with Gasteiger partial charge in [-0.2, -0.15) is 0 Å². The Morgan fingerprint density at radius 3 is 2.51 bits per heavy atom. The van der Waals surface area contributed by atoms with Crippen LogP contribution in [0.2, 0.25) is 0 Å². The van der Waals surface area contributed by atoms with E-state index >= 15 is 0 Å². The SMILES string of the molecule is CCCn1c(C)cc(C=CC(=O)N(Cc2ccccc2)c2c(N)n(CCOC)c(=O)[nH]c2=O)c1C. The summed E-state index contributed by atoms with van der Waals surface area (Å²) in [5.74, 6) is -0.516. The summed E-state index contributed by atoms with van der Waals surface area (Å²) in [7, 11) is 1.50. The Labute approximate surface area is 204 Å². The Kier molecular flexibility index (Phi) is 8.48. The van der Waals surface area contributed by atoms with Crippen LogP contribution in [-0.2, 0) is 29.2 Å². The van der Waals surface area contributed by atoms with E-state index in [9.17, 15) is 14.4 Å². The highest BCUT2D eigenvalue weighted by atomic mass is 16.5. The number of amides is 1. The van der Waals surface area contributed by atoms with Gasteiger partial charge in [0.15, 0.2) is 5.69 Å². The van der Waals surface area contributed by atoms with Crippen LogP contribution in [0.5, 0.6) is 0 Å². The summed E-state index contributed by atoms with van der Waals surface area (Å²) in [4.78, 5) is 42.3. The summed E-state index contributed by atoms with van der Waals surface area (Å²) in [6.45, 7) is 7.53. The van der Waals surface area contributed by atoms with Crippen molar-refractivity contribution in [3.63, 3.8) is 0 Å². The number of nitrogens with zero attached hydrogens (tertiary/aromatic N) is 3. The molecule has 0 bridgehead atoms. The zero-order chi connectivity index (χ0) is 25.5. The number of carbonyl (C=O) groups excluding carboxylic acids is 1. The Balaban J connectivity index is 2.06. The van der Waals surface area contributed by atoms with Crippen molar-refractivity contribution in [3.05, 3.63) is 85.8 Å². The van der Waals surface area contributed by atoms with Crippen molar-refractivity contribution in [3.8, 4) is 0 Å².